The van der Waals surface area contributed by atoms with Crippen molar-refractivity contribution in [2.45, 2.75) is 25.7 Å². The van der Waals surface area contributed by atoms with E-state index in [1.54, 1.807) is 0 Å². The molecule has 0 aliphatic carbocycles. The normalized spacial score (nSPS) is 9.12. The van der Waals surface area contributed by atoms with E-state index in [4.69, 9.17) is 12.7 Å². The van der Waals surface area contributed by atoms with Gasteiger partial charge in [-0.2, -0.15) is 0 Å². The minimum Gasteiger partial charge on any atom is -0.370 e. The van der Waals surface area contributed by atoms with Gasteiger partial charge in [-0.05, 0) is 19.8 Å². The van der Waals surface area contributed by atoms with Crippen LogP contribution >= 0.6 is 0 Å². The first kappa shape index (κ1) is 7.47. The molecule has 0 rings (SSSR count). The van der Waals surface area contributed by atoms with Gasteiger partial charge in [0.05, 0.1) is 0 Å². The molecule has 0 unspecified atom stereocenters. The third-order valence-electron chi connectivity index (χ3n) is 0.877. The Bertz CT molecular complexity index is 70.9. The summed E-state index contributed by atoms with van der Waals surface area (Å²) in [6, 6.07) is 0. The standard InChI is InChI=1S/C6H11NO/c1-2-3-4-5-6(7)8/h1H,2-5H2,(H2,7,8). The van der Waals surface area contributed by atoms with E-state index in [0.717, 1.165) is 12.8 Å². The van der Waals surface area contributed by atoms with Crippen LogP contribution in [0.25, 0.3) is 0 Å². The number of amides is 1. The average Bonchev–Trinajstić information content (AvgIpc) is 1.66. The van der Waals surface area contributed by atoms with Crippen molar-refractivity contribution in [1.82, 2.24) is 0 Å². The molecular weight excluding hydrogens is 102 g/mol. The Labute approximate surface area is 50.1 Å². The first-order valence-corrected chi connectivity index (χ1v) is 2.75. The fourth-order valence-electron chi connectivity index (χ4n) is 0.444. The number of nitrogens with two attached hydrogens (primary N) is 1. The van der Waals surface area contributed by atoms with E-state index < -0.39 is 0 Å². The molecular formula is C6H11NO. The Balaban J connectivity index is 2.82. The zero-order chi connectivity index (χ0) is 6.41. The van der Waals surface area contributed by atoms with Crippen molar-refractivity contribution in [2.24, 2.45) is 5.73 Å². The van der Waals surface area contributed by atoms with Gasteiger partial charge in [-0.1, -0.05) is 6.42 Å². The Morgan fingerprint density at radius 3 is 2.50 bits per heavy atom. The van der Waals surface area contributed by atoms with E-state index in [9.17, 15) is 4.79 Å². The monoisotopic (exact) mass is 113 g/mol. The molecule has 0 saturated heterocycles. The van der Waals surface area contributed by atoms with Crippen LogP contribution in [0.15, 0.2) is 0 Å². The first-order chi connectivity index (χ1) is 3.77. The molecule has 0 bridgehead atoms. The molecule has 8 heavy (non-hydrogen) atoms. The van der Waals surface area contributed by atoms with E-state index in [2.05, 4.69) is 0 Å². The zero-order valence-electron chi connectivity index (χ0n) is 4.89. The number of unbranched alkanes of at least 4 members (excludes halogenated alkanes) is 2. The SMILES string of the molecule is [CH]CCCCC(N)=O. The highest BCUT2D eigenvalue weighted by atomic mass is 16.1. The Morgan fingerprint density at radius 1 is 1.50 bits per heavy atom. The van der Waals surface area contributed by atoms with Crippen molar-refractivity contribution < 1.29 is 4.79 Å². The summed E-state index contributed by atoms with van der Waals surface area (Å²) in [6.45, 7) is 5.16. The summed E-state index contributed by atoms with van der Waals surface area (Å²) >= 11 is 0. The lowest BCUT2D eigenvalue weighted by molar-refractivity contribution is -0.118. The largest absolute Gasteiger partial charge is 0.370 e. The van der Waals surface area contributed by atoms with Crippen LogP contribution in [0.4, 0.5) is 0 Å². The highest BCUT2D eigenvalue weighted by Gasteiger charge is 1.90. The van der Waals surface area contributed by atoms with Gasteiger partial charge in [0.25, 0.3) is 0 Å². The third kappa shape index (κ3) is 5.47. The smallest absolute Gasteiger partial charge is 0.217 e. The van der Waals surface area contributed by atoms with Crippen molar-refractivity contribution in [3.05, 3.63) is 6.92 Å². The van der Waals surface area contributed by atoms with Gasteiger partial charge in [0.1, 0.15) is 0 Å². The van der Waals surface area contributed by atoms with Crippen molar-refractivity contribution in [1.29, 1.82) is 0 Å². The second-order valence-corrected chi connectivity index (χ2v) is 1.71. The van der Waals surface area contributed by atoms with Gasteiger partial charge in [0, 0.05) is 6.42 Å². The first-order valence-electron chi connectivity index (χ1n) is 2.75. The number of primary amides is 1. The maximum Gasteiger partial charge on any atom is 0.217 e. The molecule has 2 nitrogen and oxygen atoms in total. The third-order valence-corrected chi connectivity index (χ3v) is 0.877. The second kappa shape index (κ2) is 4.62. The zero-order valence-corrected chi connectivity index (χ0v) is 4.89. The maximum atomic E-state index is 10.1. The summed E-state index contributed by atoms with van der Waals surface area (Å²) in [6.07, 6.45) is 2.83. The summed E-state index contributed by atoms with van der Waals surface area (Å²) in [4.78, 5) is 10.1. The molecule has 0 fully saturated rings. The number of hydrogen-bond donors (Lipinski definition) is 1. The summed E-state index contributed by atoms with van der Waals surface area (Å²) in [5.41, 5.74) is 4.85. The van der Waals surface area contributed by atoms with Crippen LogP contribution in [-0.2, 0) is 4.79 Å². The summed E-state index contributed by atoms with van der Waals surface area (Å²) in [7, 11) is 0. The molecule has 0 aromatic rings. The summed E-state index contributed by atoms with van der Waals surface area (Å²) in [5.74, 6) is -0.238. The average molecular weight is 113 g/mol. The molecule has 0 aliphatic heterocycles. The van der Waals surface area contributed by atoms with Gasteiger partial charge in [0.2, 0.25) is 5.91 Å². The van der Waals surface area contributed by atoms with Crippen molar-refractivity contribution in [3.63, 3.8) is 0 Å². The van der Waals surface area contributed by atoms with E-state index in [1.807, 2.05) is 0 Å². The topological polar surface area (TPSA) is 43.1 Å². The van der Waals surface area contributed by atoms with Crippen molar-refractivity contribution >= 4 is 5.91 Å². The van der Waals surface area contributed by atoms with Crippen LogP contribution in [0, 0.1) is 6.92 Å². The molecule has 0 heterocycles. The molecule has 2 radical (unpaired) electrons. The van der Waals surface area contributed by atoms with E-state index >= 15 is 0 Å². The van der Waals surface area contributed by atoms with Gasteiger partial charge in [-0.25, -0.2) is 0 Å². The lowest BCUT2D eigenvalue weighted by Crippen LogP contribution is -2.09. The van der Waals surface area contributed by atoms with E-state index in [1.165, 1.54) is 0 Å². The van der Waals surface area contributed by atoms with Crippen LogP contribution < -0.4 is 5.73 Å². The van der Waals surface area contributed by atoms with Crippen molar-refractivity contribution in [2.75, 3.05) is 0 Å². The lowest BCUT2D eigenvalue weighted by Gasteiger charge is -1.90. The van der Waals surface area contributed by atoms with Gasteiger partial charge in [-0.15, -0.1) is 0 Å². The minimum atomic E-state index is -0.238. The maximum absolute atomic E-state index is 10.1. The molecule has 0 atom stereocenters. The van der Waals surface area contributed by atoms with Crippen molar-refractivity contribution in [3.8, 4) is 0 Å². The van der Waals surface area contributed by atoms with Gasteiger partial charge in [-0.3, -0.25) is 4.79 Å². The lowest BCUT2D eigenvalue weighted by atomic mass is 10.2. The molecule has 1 amide bonds. The quantitative estimate of drug-likeness (QED) is 0.537. The Morgan fingerprint density at radius 2 is 2.12 bits per heavy atom. The Kier molecular flexibility index (Phi) is 4.32. The Hall–Kier alpha value is -0.530. The molecule has 0 aromatic heterocycles. The predicted octanol–water partition coefficient (Wildman–Crippen LogP) is 0.743. The van der Waals surface area contributed by atoms with Crippen LogP contribution in [0.1, 0.15) is 25.7 Å². The van der Waals surface area contributed by atoms with Crippen LogP contribution in [0.2, 0.25) is 0 Å². The number of rotatable bonds is 4. The predicted molar refractivity (Wildman–Crippen MR) is 32.0 cm³/mol. The number of hydrogen-bond acceptors (Lipinski definition) is 1. The van der Waals surface area contributed by atoms with Crippen LogP contribution in [0.5, 0.6) is 0 Å². The van der Waals surface area contributed by atoms with E-state index in [0.29, 0.717) is 12.8 Å². The molecule has 0 saturated carbocycles. The number of carbonyl (C=O) groups excluding carboxylic acids is 1. The molecule has 2 heteroatoms. The minimum absolute atomic E-state index is 0.238. The summed E-state index contributed by atoms with van der Waals surface area (Å²) < 4.78 is 0. The fourth-order valence-corrected chi connectivity index (χ4v) is 0.444. The molecule has 0 aromatic carbocycles. The fraction of sp³-hybridized carbons (Fsp3) is 0.667. The highest BCUT2D eigenvalue weighted by Crippen LogP contribution is 1.96. The number of carbonyl (C=O) groups is 1. The van der Waals surface area contributed by atoms with E-state index in [-0.39, 0.29) is 5.91 Å². The second-order valence-electron chi connectivity index (χ2n) is 1.71. The van der Waals surface area contributed by atoms with Gasteiger partial charge >= 0.3 is 0 Å². The van der Waals surface area contributed by atoms with Gasteiger partial charge < -0.3 is 5.73 Å². The van der Waals surface area contributed by atoms with Crippen LogP contribution in [-0.4, -0.2) is 5.91 Å². The summed E-state index contributed by atoms with van der Waals surface area (Å²) in [5, 5.41) is 0. The van der Waals surface area contributed by atoms with Crippen LogP contribution in [0.3, 0.4) is 0 Å². The molecule has 46 valence electrons. The molecule has 0 spiro atoms. The van der Waals surface area contributed by atoms with Gasteiger partial charge in [0.15, 0.2) is 0 Å². The molecule has 2 N–H and O–H groups in total. The molecule has 0 aliphatic rings. The highest BCUT2D eigenvalue weighted by molar-refractivity contribution is 5.73.